The van der Waals surface area contributed by atoms with E-state index in [-0.39, 0.29) is 18.4 Å². The fourth-order valence-corrected chi connectivity index (χ4v) is 5.27. The first-order valence-electron chi connectivity index (χ1n) is 15.3. The second-order valence-corrected chi connectivity index (χ2v) is 11.0. The van der Waals surface area contributed by atoms with Crippen LogP contribution in [0.1, 0.15) is 79.6 Å². The average molecular weight is 565 g/mol. The van der Waals surface area contributed by atoms with Gasteiger partial charge in [0.1, 0.15) is 12.4 Å². The van der Waals surface area contributed by atoms with Crippen molar-refractivity contribution in [3.63, 3.8) is 0 Å². The molecule has 0 radical (unpaired) electrons. The van der Waals surface area contributed by atoms with Gasteiger partial charge in [-0.3, -0.25) is 9.59 Å². The zero-order valence-corrected chi connectivity index (χ0v) is 25.5. The van der Waals surface area contributed by atoms with Gasteiger partial charge in [0.25, 0.3) is 5.91 Å². The van der Waals surface area contributed by atoms with Crippen LogP contribution in [0.2, 0.25) is 0 Å². The Morgan fingerprint density at radius 3 is 2.19 bits per heavy atom. The predicted octanol–water partition coefficient (Wildman–Crippen LogP) is 8.16. The summed E-state index contributed by atoms with van der Waals surface area (Å²) in [5, 5.41) is 7.99. The van der Waals surface area contributed by atoms with E-state index in [4.69, 9.17) is 5.10 Å². The number of carbonyl (C=O) groups excluding carboxylic acids is 2. The first-order valence-corrected chi connectivity index (χ1v) is 15.3. The molecule has 0 atom stereocenters. The van der Waals surface area contributed by atoms with Crippen LogP contribution >= 0.6 is 0 Å². The van der Waals surface area contributed by atoms with Gasteiger partial charge in [0.2, 0.25) is 5.91 Å². The largest absolute Gasteiger partial charge is 0.329 e. The molecule has 0 fully saturated rings. The lowest BCUT2D eigenvalue weighted by molar-refractivity contribution is -0.116. The van der Waals surface area contributed by atoms with Gasteiger partial charge in [0.15, 0.2) is 0 Å². The molecule has 0 bridgehead atoms. The first-order chi connectivity index (χ1) is 20.4. The van der Waals surface area contributed by atoms with E-state index in [0.29, 0.717) is 17.9 Å². The number of carbonyl (C=O) groups is 2. The zero-order valence-electron chi connectivity index (χ0n) is 25.5. The number of amides is 2. The minimum absolute atomic E-state index is 0.0379. The number of benzene rings is 3. The normalized spacial score (nSPS) is 11.0. The fraction of sp³-hybridized carbons (Fsp3) is 0.361. The second kappa shape index (κ2) is 15.2. The number of unbranched alkanes of at least 4 members (excludes halogenated alkanes) is 4. The Morgan fingerprint density at radius 2 is 1.50 bits per heavy atom. The van der Waals surface area contributed by atoms with E-state index in [1.807, 2.05) is 97.4 Å². The second-order valence-electron chi connectivity index (χ2n) is 11.0. The molecule has 0 spiro atoms. The molecule has 0 aliphatic rings. The van der Waals surface area contributed by atoms with Crippen LogP contribution in [0.5, 0.6) is 0 Å². The average Bonchev–Trinajstić information content (AvgIpc) is 3.32. The van der Waals surface area contributed by atoms with Crippen molar-refractivity contribution >= 4 is 17.6 Å². The summed E-state index contributed by atoms with van der Waals surface area (Å²) in [6, 6.07) is 25.9. The predicted molar refractivity (Wildman–Crippen MR) is 172 cm³/mol. The third kappa shape index (κ3) is 7.75. The zero-order chi connectivity index (χ0) is 29.9. The van der Waals surface area contributed by atoms with Gasteiger partial charge in [-0.15, -0.1) is 0 Å². The minimum atomic E-state index is -0.251. The van der Waals surface area contributed by atoms with E-state index < -0.39 is 0 Å². The number of hydrogen-bond acceptors (Lipinski definition) is 3. The van der Waals surface area contributed by atoms with Crippen molar-refractivity contribution in [1.29, 1.82) is 0 Å². The molecule has 0 aliphatic carbocycles. The molecule has 0 saturated heterocycles. The third-order valence-electron chi connectivity index (χ3n) is 7.65. The van der Waals surface area contributed by atoms with Gasteiger partial charge in [-0.1, -0.05) is 100 Å². The van der Waals surface area contributed by atoms with Gasteiger partial charge < -0.3 is 10.2 Å². The van der Waals surface area contributed by atoms with E-state index >= 15 is 0 Å². The molecule has 4 aromatic rings. The summed E-state index contributed by atoms with van der Waals surface area (Å²) in [6.07, 6.45) is 7.63. The highest BCUT2D eigenvalue weighted by atomic mass is 16.2. The Bertz CT molecular complexity index is 1460. The van der Waals surface area contributed by atoms with Crippen LogP contribution < -0.4 is 5.32 Å². The van der Waals surface area contributed by atoms with Crippen molar-refractivity contribution in [3.8, 4) is 16.8 Å². The molecule has 0 aliphatic heterocycles. The van der Waals surface area contributed by atoms with Gasteiger partial charge in [0.05, 0.1) is 11.4 Å². The van der Waals surface area contributed by atoms with Crippen LogP contribution in [0.4, 0.5) is 5.82 Å². The molecule has 220 valence electrons. The summed E-state index contributed by atoms with van der Waals surface area (Å²) in [4.78, 5) is 28.9. The van der Waals surface area contributed by atoms with Crippen LogP contribution in [-0.4, -0.2) is 39.6 Å². The Balaban J connectivity index is 1.57. The van der Waals surface area contributed by atoms with Crippen LogP contribution in [0.15, 0.2) is 78.9 Å². The monoisotopic (exact) mass is 564 g/mol. The van der Waals surface area contributed by atoms with E-state index in [1.165, 1.54) is 24.8 Å². The minimum Gasteiger partial charge on any atom is -0.329 e. The van der Waals surface area contributed by atoms with Crippen molar-refractivity contribution in [2.24, 2.45) is 0 Å². The highest BCUT2D eigenvalue weighted by Crippen LogP contribution is 2.34. The highest BCUT2D eigenvalue weighted by Gasteiger charge is 2.24. The molecule has 2 amide bonds. The van der Waals surface area contributed by atoms with Gasteiger partial charge in [-0.05, 0) is 68.0 Å². The molecule has 1 aromatic heterocycles. The smallest absolute Gasteiger partial charge is 0.254 e. The number of nitrogens with zero attached hydrogens (tertiary/aromatic N) is 3. The molecule has 42 heavy (non-hydrogen) atoms. The van der Waals surface area contributed by atoms with E-state index in [1.54, 1.807) is 4.90 Å². The van der Waals surface area contributed by atoms with Gasteiger partial charge in [-0.25, -0.2) is 4.68 Å². The lowest BCUT2D eigenvalue weighted by atomic mass is 10.0. The Hall–Kier alpha value is -4.19. The van der Waals surface area contributed by atoms with Crippen LogP contribution in [0, 0.1) is 13.8 Å². The number of hydrogen-bond donors (Lipinski definition) is 1. The Kier molecular flexibility index (Phi) is 11.1. The first kappa shape index (κ1) is 30.8. The summed E-state index contributed by atoms with van der Waals surface area (Å²) in [5.74, 6) is 0.232. The van der Waals surface area contributed by atoms with Crippen molar-refractivity contribution in [1.82, 2.24) is 14.7 Å². The topological polar surface area (TPSA) is 67.2 Å². The molecule has 6 nitrogen and oxygen atoms in total. The summed E-state index contributed by atoms with van der Waals surface area (Å²) in [5.41, 5.74) is 6.45. The van der Waals surface area contributed by atoms with Crippen LogP contribution in [0.3, 0.4) is 0 Å². The van der Waals surface area contributed by atoms with Crippen molar-refractivity contribution in [3.05, 3.63) is 101 Å². The maximum Gasteiger partial charge on any atom is 0.254 e. The molecule has 1 heterocycles. The number of rotatable bonds is 14. The summed E-state index contributed by atoms with van der Waals surface area (Å²) < 4.78 is 1.81. The molecular formula is C36H44N4O2. The molecule has 4 rings (SSSR count). The molecular weight excluding hydrogens is 520 g/mol. The number of para-hydroxylation sites is 1. The lowest BCUT2D eigenvalue weighted by Crippen LogP contribution is -2.39. The molecule has 1 N–H and O–H groups in total. The van der Waals surface area contributed by atoms with Gasteiger partial charge in [0, 0.05) is 17.7 Å². The SMILES string of the molecule is CCCCCCc1ccc(C(=O)N(CCCC)CC(=O)Nc2c(-c3ccccc3)c(C)nn2-c2ccccc2C)cc1. The van der Waals surface area contributed by atoms with Gasteiger partial charge in [-0.2, -0.15) is 5.10 Å². The number of aryl methyl sites for hydroxylation is 3. The van der Waals surface area contributed by atoms with E-state index in [0.717, 1.165) is 53.8 Å². The Morgan fingerprint density at radius 1 is 0.810 bits per heavy atom. The quantitative estimate of drug-likeness (QED) is 0.157. The highest BCUT2D eigenvalue weighted by molar-refractivity contribution is 6.01. The standard InChI is InChI=1S/C36H44N4O2/c1-5-7-9-11-17-29-21-23-31(24-22-29)36(42)39(25-8-6-2)26-33(41)37-35-34(30-18-12-10-13-19-30)28(4)38-40(35)32-20-15-14-16-27(32)3/h10,12-16,18-24H,5-9,11,17,25-26H2,1-4H3,(H,37,41). The van der Waals surface area contributed by atoms with E-state index in [9.17, 15) is 9.59 Å². The maximum atomic E-state index is 13.7. The van der Waals surface area contributed by atoms with Crippen molar-refractivity contribution < 1.29 is 9.59 Å². The number of anilines is 1. The van der Waals surface area contributed by atoms with E-state index in [2.05, 4.69) is 19.2 Å². The molecule has 3 aromatic carbocycles. The lowest BCUT2D eigenvalue weighted by Gasteiger charge is -2.23. The third-order valence-corrected chi connectivity index (χ3v) is 7.65. The van der Waals surface area contributed by atoms with Crippen molar-refractivity contribution in [2.45, 2.75) is 72.6 Å². The number of aromatic nitrogens is 2. The van der Waals surface area contributed by atoms with Crippen LogP contribution in [0.25, 0.3) is 16.8 Å². The summed E-state index contributed by atoms with van der Waals surface area (Å²) >= 11 is 0. The fourth-order valence-electron chi connectivity index (χ4n) is 5.27. The van der Waals surface area contributed by atoms with Crippen molar-refractivity contribution in [2.75, 3.05) is 18.4 Å². The number of nitrogens with one attached hydrogen (secondary N) is 1. The molecule has 6 heteroatoms. The summed E-state index contributed by atoms with van der Waals surface area (Å²) in [7, 11) is 0. The Labute approximate surface area is 250 Å². The van der Waals surface area contributed by atoms with Gasteiger partial charge >= 0.3 is 0 Å². The summed E-state index contributed by atoms with van der Waals surface area (Å²) in [6.45, 7) is 8.77. The molecule has 0 saturated carbocycles. The van der Waals surface area contributed by atoms with Crippen LogP contribution in [-0.2, 0) is 11.2 Å². The maximum absolute atomic E-state index is 13.7. The molecule has 0 unspecified atom stereocenters.